The van der Waals surface area contributed by atoms with Gasteiger partial charge in [0.1, 0.15) is 11.5 Å². The number of aromatic nitrogens is 1. The third-order valence-corrected chi connectivity index (χ3v) is 3.56. The summed E-state index contributed by atoms with van der Waals surface area (Å²) in [5, 5.41) is 5.50. The van der Waals surface area contributed by atoms with Crippen molar-refractivity contribution in [1.29, 1.82) is 0 Å². The minimum Gasteiger partial charge on any atom is -0.497 e. The summed E-state index contributed by atoms with van der Waals surface area (Å²) in [4.78, 5) is 29.7. The molecule has 0 spiro atoms. The highest BCUT2D eigenvalue weighted by Crippen LogP contribution is 2.29. The summed E-state index contributed by atoms with van der Waals surface area (Å²) >= 11 is 0. The van der Waals surface area contributed by atoms with Gasteiger partial charge in [0, 0.05) is 31.9 Å². The number of urea groups is 1. The van der Waals surface area contributed by atoms with Crippen LogP contribution in [0.5, 0.6) is 11.5 Å². The van der Waals surface area contributed by atoms with E-state index in [-0.39, 0.29) is 18.5 Å². The van der Waals surface area contributed by atoms with Gasteiger partial charge in [-0.2, -0.15) is 0 Å². The molecule has 3 amide bonds. The van der Waals surface area contributed by atoms with Crippen LogP contribution in [0, 0.1) is 0 Å². The number of nitrogens with zero attached hydrogens (tertiary/aromatic N) is 2. The number of hydrogen-bond donors (Lipinski definition) is 2. The van der Waals surface area contributed by atoms with Crippen LogP contribution in [0.25, 0.3) is 0 Å². The van der Waals surface area contributed by atoms with Gasteiger partial charge >= 0.3 is 6.03 Å². The smallest absolute Gasteiger partial charge is 0.317 e. The third-order valence-electron chi connectivity index (χ3n) is 3.56. The molecule has 1 aromatic heterocycles. The second-order valence-corrected chi connectivity index (χ2v) is 5.61. The highest BCUT2D eigenvalue weighted by molar-refractivity contribution is 6.05. The predicted molar refractivity (Wildman–Crippen MR) is 97.7 cm³/mol. The first-order valence-corrected chi connectivity index (χ1v) is 7.88. The van der Waals surface area contributed by atoms with Crippen molar-refractivity contribution in [3.8, 4) is 11.5 Å². The Labute approximate surface area is 152 Å². The summed E-state index contributed by atoms with van der Waals surface area (Å²) in [6, 6.07) is 8.12. The van der Waals surface area contributed by atoms with Crippen LogP contribution >= 0.6 is 0 Å². The van der Waals surface area contributed by atoms with Crippen LogP contribution < -0.4 is 20.1 Å². The normalized spacial score (nSPS) is 10.0. The SMILES string of the molecule is COc1ccc(OC)c(NC(=O)c2ccnc(CNC(=O)N(C)C)c2)c1. The molecule has 2 aromatic rings. The number of hydrogen-bond acceptors (Lipinski definition) is 5. The molecule has 2 N–H and O–H groups in total. The van der Waals surface area contributed by atoms with Crippen LogP contribution in [0.3, 0.4) is 0 Å². The number of nitrogens with one attached hydrogen (secondary N) is 2. The maximum absolute atomic E-state index is 12.5. The van der Waals surface area contributed by atoms with Crippen LogP contribution in [0.4, 0.5) is 10.5 Å². The van der Waals surface area contributed by atoms with Crippen molar-refractivity contribution in [2.24, 2.45) is 0 Å². The van der Waals surface area contributed by atoms with Gasteiger partial charge in [0.05, 0.1) is 32.1 Å². The second-order valence-electron chi connectivity index (χ2n) is 5.61. The Morgan fingerprint density at radius 3 is 2.54 bits per heavy atom. The maximum atomic E-state index is 12.5. The van der Waals surface area contributed by atoms with Gasteiger partial charge in [-0.1, -0.05) is 0 Å². The summed E-state index contributed by atoms with van der Waals surface area (Å²) in [6.45, 7) is 0.223. The fourth-order valence-corrected chi connectivity index (χ4v) is 2.15. The lowest BCUT2D eigenvalue weighted by molar-refractivity contribution is 0.102. The van der Waals surface area contributed by atoms with Gasteiger partial charge in [0.15, 0.2) is 0 Å². The number of methoxy groups -OCH3 is 2. The van der Waals surface area contributed by atoms with Crippen LogP contribution in [0.15, 0.2) is 36.5 Å². The highest BCUT2D eigenvalue weighted by Gasteiger charge is 2.12. The van der Waals surface area contributed by atoms with Crippen molar-refractivity contribution >= 4 is 17.6 Å². The zero-order valence-electron chi connectivity index (χ0n) is 15.2. The van der Waals surface area contributed by atoms with E-state index >= 15 is 0 Å². The number of pyridine rings is 1. The fourth-order valence-electron chi connectivity index (χ4n) is 2.15. The van der Waals surface area contributed by atoms with Crippen molar-refractivity contribution in [3.63, 3.8) is 0 Å². The Morgan fingerprint density at radius 2 is 1.88 bits per heavy atom. The topological polar surface area (TPSA) is 92.8 Å². The number of ether oxygens (including phenoxy) is 2. The van der Waals surface area contributed by atoms with Crippen molar-refractivity contribution < 1.29 is 19.1 Å². The minimum atomic E-state index is -0.320. The molecule has 1 aromatic carbocycles. The Kier molecular flexibility index (Phi) is 6.37. The quantitative estimate of drug-likeness (QED) is 0.825. The molecule has 0 aliphatic heterocycles. The summed E-state index contributed by atoms with van der Waals surface area (Å²) in [7, 11) is 6.36. The number of carbonyl (C=O) groups is 2. The van der Waals surface area contributed by atoms with E-state index in [1.165, 1.54) is 18.2 Å². The standard InChI is InChI=1S/C18H22N4O4/c1-22(2)18(24)20-11-13-9-12(7-8-19-13)17(23)21-15-10-14(25-3)5-6-16(15)26-4/h5-10H,11H2,1-4H3,(H,20,24)(H,21,23). The Bertz CT molecular complexity index is 793. The molecule has 1 heterocycles. The van der Waals surface area contributed by atoms with Gasteiger partial charge in [0.2, 0.25) is 0 Å². The number of rotatable bonds is 6. The van der Waals surface area contributed by atoms with E-state index in [0.717, 1.165) is 0 Å². The maximum Gasteiger partial charge on any atom is 0.317 e. The number of anilines is 1. The largest absolute Gasteiger partial charge is 0.497 e. The van der Waals surface area contributed by atoms with Crippen LogP contribution in [-0.2, 0) is 6.54 Å². The molecule has 0 radical (unpaired) electrons. The number of benzene rings is 1. The summed E-state index contributed by atoms with van der Waals surface area (Å²) in [6.07, 6.45) is 1.52. The Hall–Kier alpha value is -3.29. The molecular weight excluding hydrogens is 336 g/mol. The zero-order chi connectivity index (χ0) is 19.1. The number of amides is 3. The first-order chi connectivity index (χ1) is 12.4. The van der Waals surface area contributed by atoms with Crippen molar-refractivity contribution in [3.05, 3.63) is 47.8 Å². The Morgan fingerprint density at radius 1 is 1.12 bits per heavy atom. The summed E-state index contributed by atoms with van der Waals surface area (Å²) in [5.41, 5.74) is 1.49. The zero-order valence-corrected chi connectivity index (χ0v) is 15.2. The first kappa shape index (κ1) is 19.0. The van der Waals surface area contributed by atoms with E-state index in [0.29, 0.717) is 28.4 Å². The van der Waals surface area contributed by atoms with E-state index in [9.17, 15) is 9.59 Å². The molecule has 0 saturated carbocycles. The molecule has 0 aliphatic rings. The van der Waals surface area contributed by atoms with Gasteiger partial charge in [0.25, 0.3) is 5.91 Å². The van der Waals surface area contributed by atoms with Gasteiger partial charge in [-0.3, -0.25) is 9.78 Å². The fraction of sp³-hybridized carbons (Fsp3) is 0.278. The lowest BCUT2D eigenvalue weighted by Crippen LogP contribution is -2.34. The van der Waals surface area contributed by atoms with E-state index in [4.69, 9.17) is 9.47 Å². The number of carbonyl (C=O) groups excluding carboxylic acids is 2. The molecule has 0 atom stereocenters. The van der Waals surface area contributed by atoms with E-state index < -0.39 is 0 Å². The average Bonchev–Trinajstić information content (AvgIpc) is 2.66. The van der Waals surface area contributed by atoms with Crippen LogP contribution in [0.1, 0.15) is 16.1 Å². The second kappa shape index (κ2) is 8.70. The molecule has 0 saturated heterocycles. The predicted octanol–water partition coefficient (Wildman–Crippen LogP) is 2.12. The third kappa shape index (κ3) is 4.85. The molecule has 26 heavy (non-hydrogen) atoms. The van der Waals surface area contributed by atoms with Gasteiger partial charge in [-0.15, -0.1) is 0 Å². The molecule has 0 bridgehead atoms. The van der Waals surface area contributed by atoms with Gasteiger partial charge < -0.3 is 25.0 Å². The van der Waals surface area contributed by atoms with E-state index in [2.05, 4.69) is 15.6 Å². The lowest BCUT2D eigenvalue weighted by atomic mass is 10.2. The molecule has 8 nitrogen and oxygen atoms in total. The van der Waals surface area contributed by atoms with Gasteiger partial charge in [-0.05, 0) is 24.3 Å². The lowest BCUT2D eigenvalue weighted by Gasteiger charge is -2.13. The highest BCUT2D eigenvalue weighted by atomic mass is 16.5. The molecule has 0 unspecified atom stereocenters. The average molecular weight is 358 g/mol. The Balaban J connectivity index is 2.13. The van der Waals surface area contributed by atoms with E-state index in [1.807, 2.05) is 0 Å². The minimum absolute atomic E-state index is 0.223. The van der Waals surface area contributed by atoms with Crippen LogP contribution in [-0.4, -0.2) is 50.1 Å². The van der Waals surface area contributed by atoms with Crippen LogP contribution in [0.2, 0.25) is 0 Å². The molecule has 8 heteroatoms. The molecule has 2 rings (SSSR count). The summed E-state index contributed by atoms with van der Waals surface area (Å²) in [5.74, 6) is 0.800. The molecule has 0 fully saturated rings. The molecular formula is C18H22N4O4. The van der Waals surface area contributed by atoms with Crippen molar-refractivity contribution in [1.82, 2.24) is 15.2 Å². The molecule has 0 aliphatic carbocycles. The van der Waals surface area contributed by atoms with Crippen molar-refractivity contribution in [2.45, 2.75) is 6.54 Å². The van der Waals surface area contributed by atoms with E-state index in [1.54, 1.807) is 51.5 Å². The first-order valence-electron chi connectivity index (χ1n) is 7.88. The summed E-state index contributed by atoms with van der Waals surface area (Å²) < 4.78 is 10.4. The van der Waals surface area contributed by atoms with Gasteiger partial charge in [-0.25, -0.2) is 4.79 Å². The molecule has 138 valence electrons. The van der Waals surface area contributed by atoms with Crippen molar-refractivity contribution in [2.75, 3.05) is 33.6 Å². The monoisotopic (exact) mass is 358 g/mol.